The number of ketones is 1. The predicted octanol–water partition coefficient (Wildman–Crippen LogP) is 5.38. The molecule has 2 nitrogen and oxygen atoms in total. The Kier molecular flexibility index (Phi) is 4.32. The molecule has 2 aromatic heterocycles. The molecule has 0 bridgehead atoms. The molecule has 0 aliphatic heterocycles. The Hall–Kier alpha value is -2.04. The lowest BCUT2D eigenvalue weighted by molar-refractivity contribution is 0.104. The van der Waals surface area contributed by atoms with Gasteiger partial charge in [0.1, 0.15) is 5.01 Å². The van der Waals surface area contributed by atoms with Crippen LogP contribution in [0.4, 0.5) is 0 Å². The number of allylic oxidation sites excluding steroid dienone is 1. The molecule has 0 amide bonds. The smallest absolute Gasteiger partial charge is 0.185 e. The molecule has 0 unspecified atom stereocenters. The minimum absolute atomic E-state index is 0.00812. The molecule has 0 aliphatic carbocycles. The summed E-state index contributed by atoms with van der Waals surface area (Å²) < 4.78 is 0. The summed E-state index contributed by atoms with van der Waals surface area (Å²) in [5.41, 5.74) is 3.87. The maximum atomic E-state index is 12.2. The number of hydrogen-bond acceptors (Lipinski definition) is 4. The molecule has 0 saturated heterocycles. The molecule has 0 radical (unpaired) electrons. The molecule has 3 rings (SSSR count). The van der Waals surface area contributed by atoms with Gasteiger partial charge in [0.05, 0.1) is 10.6 Å². The van der Waals surface area contributed by atoms with Crippen molar-refractivity contribution in [2.24, 2.45) is 0 Å². The van der Waals surface area contributed by atoms with Crippen LogP contribution < -0.4 is 0 Å². The zero-order chi connectivity index (χ0) is 15.5. The van der Waals surface area contributed by atoms with E-state index in [2.05, 4.69) is 11.1 Å². The number of hydrogen-bond donors (Lipinski definition) is 0. The lowest BCUT2D eigenvalue weighted by Crippen LogP contribution is -1.95. The van der Waals surface area contributed by atoms with Crippen molar-refractivity contribution in [2.75, 3.05) is 0 Å². The van der Waals surface area contributed by atoms with Gasteiger partial charge in [-0.25, -0.2) is 4.98 Å². The Morgan fingerprint density at radius 3 is 2.73 bits per heavy atom. The van der Waals surface area contributed by atoms with Crippen molar-refractivity contribution in [1.29, 1.82) is 0 Å². The summed E-state index contributed by atoms with van der Waals surface area (Å²) in [4.78, 5) is 17.9. The van der Waals surface area contributed by atoms with Crippen LogP contribution in [0, 0.1) is 13.8 Å². The van der Waals surface area contributed by atoms with Gasteiger partial charge in [-0.1, -0.05) is 18.2 Å². The molecule has 1 aromatic carbocycles. The first-order valence-corrected chi connectivity index (χ1v) is 8.68. The van der Waals surface area contributed by atoms with Crippen LogP contribution in [-0.2, 0) is 0 Å². The number of thiophene rings is 1. The van der Waals surface area contributed by atoms with E-state index < -0.39 is 0 Å². The second-order valence-corrected chi connectivity index (χ2v) is 6.86. The summed E-state index contributed by atoms with van der Waals surface area (Å²) in [6.45, 7) is 4.06. The summed E-state index contributed by atoms with van der Waals surface area (Å²) in [6, 6.07) is 9.85. The van der Waals surface area contributed by atoms with Gasteiger partial charge in [0.25, 0.3) is 0 Å². The lowest BCUT2D eigenvalue weighted by atomic mass is 10.0. The van der Waals surface area contributed by atoms with Gasteiger partial charge in [-0.15, -0.1) is 22.7 Å². The Bertz CT molecular complexity index is 829. The maximum absolute atomic E-state index is 12.2. The fourth-order valence-corrected chi connectivity index (χ4v) is 3.63. The van der Waals surface area contributed by atoms with E-state index in [1.807, 2.05) is 48.9 Å². The molecule has 22 heavy (non-hydrogen) atoms. The molecule has 0 saturated carbocycles. The van der Waals surface area contributed by atoms with E-state index in [4.69, 9.17) is 0 Å². The van der Waals surface area contributed by atoms with Gasteiger partial charge < -0.3 is 0 Å². The summed E-state index contributed by atoms with van der Waals surface area (Å²) >= 11 is 3.27. The SMILES string of the molecule is Cc1ccc(C(=O)/C=C/c2csc(-c3cccs3)n2)cc1C. The number of aryl methyl sites for hydroxylation is 2. The van der Waals surface area contributed by atoms with Crippen molar-refractivity contribution in [3.05, 3.63) is 69.6 Å². The first-order valence-electron chi connectivity index (χ1n) is 6.92. The van der Waals surface area contributed by atoms with Gasteiger partial charge in [0.2, 0.25) is 0 Å². The fraction of sp³-hybridized carbons (Fsp3) is 0.111. The van der Waals surface area contributed by atoms with E-state index in [0.717, 1.165) is 21.1 Å². The number of rotatable bonds is 4. The largest absolute Gasteiger partial charge is 0.289 e. The molecule has 0 aliphatic rings. The highest BCUT2D eigenvalue weighted by Gasteiger charge is 2.06. The van der Waals surface area contributed by atoms with Crippen LogP contribution in [0.2, 0.25) is 0 Å². The number of aromatic nitrogens is 1. The Morgan fingerprint density at radius 2 is 2.00 bits per heavy atom. The molecule has 0 atom stereocenters. The number of nitrogens with zero attached hydrogens (tertiary/aromatic N) is 1. The van der Waals surface area contributed by atoms with Gasteiger partial charge in [-0.3, -0.25) is 4.79 Å². The molecule has 2 heterocycles. The van der Waals surface area contributed by atoms with E-state index in [1.54, 1.807) is 34.8 Å². The van der Waals surface area contributed by atoms with Crippen molar-refractivity contribution in [3.8, 4) is 9.88 Å². The van der Waals surface area contributed by atoms with Crippen LogP contribution in [0.15, 0.2) is 47.2 Å². The molecule has 4 heteroatoms. The highest BCUT2D eigenvalue weighted by atomic mass is 32.1. The van der Waals surface area contributed by atoms with Crippen LogP contribution in [0.25, 0.3) is 16.0 Å². The van der Waals surface area contributed by atoms with Crippen LogP contribution in [0.3, 0.4) is 0 Å². The normalized spacial score (nSPS) is 11.2. The van der Waals surface area contributed by atoms with Crippen LogP contribution in [0.5, 0.6) is 0 Å². The third kappa shape index (κ3) is 3.24. The molecule has 0 fully saturated rings. The quantitative estimate of drug-likeness (QED) is 0.476. The third-order valence-corrected chi connectivity index (χ3v) is 5.35. The monoisotopic (exact) mass is 325 g/mol. The van der Waals surface area contributed by atoms with E-state index in [0.29, 0.717) is 5.56 Å². The highest BCUT2D eigenvalue weighted by molar-refractivity contribution is 7.20. The zero-order valence-corrected chi connectivity index (χ0v) is 14.0. The van der Waals surface area contributed by atoms with Crippen molar-refractivity contribution >= 4 is 34.5 Å². The Morgan fingerprint density at radius 1 is 1.14 bits per heavy atom. The molecule has 0 spiro atoms. The first kappa shape index (κ1) is 14.9. The second-order valence-electron chi connectivity index (χ2n) is 5.05. The van der Waals surface area contributed by atoms with Crippen molar-refractivity contribution < 1.29 is 4.79 Å². The average molecular weight is 325 g/mol. The van der Waals surface area contributed by atoms with Gasteiger partial charge in [-0.05, 0) is 54.6 Å². The van der Waals surface area contributed by atoms with Crippen molar-refractivity contribution in [1.82, 2.24) is 4.98 Å². The number of carbonyl (C=O) groups excluding carboxylic acids is 1. The van der Waals surface area contributed by atoms with Gasteiger partial charge in [0, 0.05) is 10.9 Å². The number of carbonyl (C=O) groups is 1. The van der Waals surface area contributed by atoms with E-state index in [-0.39, 0.29) is 5.78 Å². The second kappa shape index (κ2) is 6.38. The van der Waals surface area contributed by atoms with Crippen molar-refractivity contribution in [3.63, 3.8) is 0 Å². The highest BCUT2D eigenvalue weighted by Crippen LogP contribution is 2.28. The van der Waals surface area contributed by atoms with Crippen molar-refractivity contribution in [2.45, 2.75) is 13.8 Å². The van der Waals surface area contributed by atoms with Gasteiger partial charge in [-0.2, -0.15) is 0 Å². The number of benzene rings is 1. The first-order chi connectivity index (χ1) is 10.6. The van der Waals surface area contributed by atoms with Crippen LogP contribution >= 0.6 is 22.7 Å². The van der Waals surface area contributed by atoms with E-state index >= 15 is 0 Å². The summed E-state index contributed by atoms with van der Waals surface area (Å²) in [6.07, 6.45) is 3.38. The lowest BCUT2D eigenvalue weighted by Gasteiger charge is -2.01. The van der Waals surface area contributed by atoms with Crippen LogP contribution in [-0.4, -0.2) is 10.8 Å². The molecular weight excluding hydrogens is 310 g/mol. The summed E-state index contributed by atoms with van der Waals surface area (Å²) in [5, 5.41) is 5.00. The molecular formula is C18H15NOS2. The van der Waals surface area contributed by atoms with Gasteiger partial charge >= 0.3 is 0 Å². The Balaban J connectivity index is 1.76. The minimum Gasteiger partial charge on any atom is -0.289 e. The van der Waals surface area contributed by atoms with E-state index in [9.17, 15) is 4.79 Å². The van der Waals surface area contributed by atoms with E-state index in [1.165, 1.54) is 5.56 Å². The van der Waals surface area contributed by atoms with Gasteiger partial charge in [0.15, 0.2) is 5.78 Å². The summed E-state index contributed by atoms with van der Waals surface area (Å²) in [5.74, 6) is 0.00812. The zero-order valence-electron chi connectivity index (χ0n) is 12.4. The molecule has 0 N–H and O–H groups in total. The third-order valence-electron chi connectivity index (χ3n) is 3.45. The molecule has 110 valence electrons. The number of thiazole rings is 1. The maximum Gasteiger partial charge on any atom is 0.185 e. The summed E-state index contributed by atoms with van der Waals surface area (Å²) in [7, 11) is 0. The topological polar surface area (TPSA) is 30.0 Å². The minimum atomic E-state index is 0.00812. The Labute approximate surface area is 137 Å². The average Bonchev–Trinajstić information content (AvgIpc) is 3.18. The predicted molar refractivity (Wildman–Crippen MR) is 94.7 cm³/mol. The fourth-order valence-electron chi connectivity index (χ4n) is 2.03. The standard InChI is InChI=1S/C18H15NOS2/c1-12-5-6-14(10-13(12)2)16(20)8-7-15-11-22-18(19-15)17-4-3-9-21-17/h3-11H,1-2H3/b8-7+. The van der Waals surface area contributed by atoms with Crippen LogP contribution in [0.1, 0.15) is 27.2 Å². The molecule has 3 aromatic rings.